The third-order valence-corrected chi connectivity index (χ3v) is 3.46. The highest BCUT2D eigenvalue weighted by atomic mass is 16.6. The lowest BCUT2D eigenvalue weighted by atomic mass is 10.0. The molecule has 2 aromatic carbocycles. The summed E-state index contributed by atoms with van der Waals surface area (Å²) in [7, 11) is 1.50. The summed E-state index contributed by atoms with van der Waals surface area (Å²) in [5.41, 5.74) is 2.29. The van der Waals surface area contributed by atoms with Crippen molar-refractivity contribution in [2.45, 2.75) is 13.8 Å². The number of rotatable bonds is 6. The Kier molecular flexibility index (Phi) is 5.96. The van der Waals surface area contributed by atoms with Crippen LogP contribution in [0.3, 0.4) is 0 Å². The molecule has 2 rings (SSSR count). The molecule has 2 aromatic rings. The van der Waals surface area contributed by atoms with Gasteiger partial charge in [-0.05, 0) is 49.2 Å². The first-order valence-corrected chi connectivity index (χ1v) is 7.85. The predicted molar refractivity (Wildman–Crippen MR) is 99.3 cm³/mol. The van der Waals surface area contributed by atoms with Gasteiger partial charge < -0.3 is 14.2 Å². The lowest BCUT2D eigenvalue weighted by Gasteiger charge is -2.11. The second-order valence-corrected chi connectivity index (χ2v) is 5.73. The zero-order valence-electron chi connectivity index (χ0n) is 15.0. The maximum Gasteiger partial charge on any atom is 0.338 e. The van der Waals surface area contributed by atoms with Crippen LogP contribution in [-0.4, -0.2) is 19.0 Å². The van der Waals surface area contributed by atoms with E-state index >= 15 is 0 Å². The number of benzene rings is 2. The molecule has 0 N–H and O–H groups in total. The molecule has 0 aliphatic heterocycles. The van der Waals surface area contributed by atoms with E-state index < -0.39 is 11.9 Å². The van der Waals surface area contributed by atoms with Crippen molar-refractivity contribution in [3.05, 3.63) is 66.8 Å². The summed E-state index contributed by atoms with van der Waals surface area (Å²) >= 11 is 0. The Balaban J connectivity index is 2.28. The summed E-state index contributed by atoms with van der Waals surface area (Å²) in [6, 6.07) is 12.2. The van der Waals surface area contributed by atoms with E-state index in [4.69, 9.17) is 14.2 Å². The molecule has 0 aliphatic carbocycles. The molecule has 5 heteroatoms. The lowest BCUT2D eigenvalue weighted by molar-refractivity contribution is -0.131. The van der Waals surface area contributed by atoms with Crippen LogP contribution in [0.1, 0.15) is 13.8 Å². The SMILES string of the molecule is C=C(C)C(=O)Oc1ccc(-c2ccc(OC)c(OC(=O)C(=C)C)c2)cc1. The van der Waals surface area contributed by atoms with Crippen molar-refractivity contribution in [3.63, 3.8) is 0 Å². The molecule has 0 bridgehead atoms. The van der Waals surface area contributed by atoms with E-state index in [1.807, 2.05) is 6.07 Å². The van der Waals surface area contributed by atoms with E-state index in [0.717, 1.165) is 11.1 Å². The minimum Gasteiger partial charge on any atom is -0.493 e. The highest BCUT2D eigenvalue weighted by molar-refractivity contribution is 5.90. The average molecular weight is 352 g/mol. The van der Waals surface area contributed by atoms with Crippen LogP contribution in [-0.2, 0) is 9.59 Å². The maximum absolute atomic E-state index is 11.8. The van der Waals surface area contributed by atoms with Gasteiger partial charge in [-0.15, -0.1) is 0 Å². The van der Waals surface area contributed by atoms with Gasteiger partial charge in [-0.1, -0.05) is 31.4 Å². The molecule has 0 fully saturated rings. The minimum absolute atomic E-state index is 0.293. The fourth-order valence-corrected chi connectivity index (χ4v) is 2.03. The second kappa shape index (κ2) is 8.16. The first-order chi connectivity index (χ1) is 12.3. The van der Waals surface area contributed by atoms with E-state index in [9.17, 15) is 9.59 Å². The normalized spacial score (nSPS) is 9.96. The number of esters is 2. The highest BCUT2D eigenvalue weighted by Crippen LogP contribution is 2.33. The van der Waals surface area contributed by atoms with Crippen LogP contribution in [0, 0.1) is 0 Å². The van der Waals surface area contributed by atoms with Crippen LogP contribution in [0.25, 0.3) is 11.1 Å². The molecule has 0 unspecified atom stereocenters. The van der Waals surface area contributed by atoms with Gasteiger partial charge in [-0.2, -0.15) is 0 Å². The molecule has 0 amide bonds. The minimum atomic E-state index is -0.525. The van der Waals surface area contributed by atoms with E-state index in [1.54, 1.807) is 50.2 Å². The standard InChI is InChI=1S/C21H20O5/c1-13(2)20(22)25-17-9-6-15(7-10-17)16-8-11-18(24-5)19(12-16)26-21(23)14(3)4/h6-12H,1,3H2,2,4-5H3. The highest BCUT2D eigenvalue weighted by Gasteiger charge is 2.13. The Bertz CT molecular complexity index is 862. The van der Waals surface area contributed by atoms with Crippen LogP contribution in [0.5, 0.6) is 17.2 Å². The second-order valence-electron chi connectivity index (χ2n) is 5.73. The summed E-state index contributed by atoms with van der Waals surface area (Å²) in [6.45, 7) is 10.3. The molecular weight excluding hydrogens is 332 g/mol. The number of ether oxygens (including phenoxy) is 3. The molecule has 0 heterocycles. The molecule has 0 spiro atoms. The zero-order valence-corrected chi connectivity index (χ0v) is 15.0. The number of hydrogen-bond donors (Lipinski definition) is 0. The van der Waals surface area contributed by atoms with E-state index in [0.29, 0.717) is 28.4 Å². The van der Waals surface area contributed by atoms with Crippen molar-refractivity contribution in [2.75, 3.05) is 7.11 Å². The molecule has 0 saturated heterocycles. The lowest BCUT2D eigenvalue weighted by Crippen LogP contribution is -2.09. The quantitative estimate of drug-likeness (QED) is 0.440. The van der Waals surface area contributed by atoms with Crippen molar-refractivity contribution in [3.8, 4) is 28.4 Å². The molecule has 0 atom stereocenters. The van der Waals surface area contributed by atoms with Gasteiger partial charge >= 0.3 is 11.9 Å². The molecule has 0 aromatic heterocycles. The van der Waals surface area contributed by atoms with Crippen LogP contribution >= 0.6 is 0 Å². The fraction of sp³-hybridized carbons (Fsp3) is 0.143. The third kappa shape index (κ3) is 4.60. The van der Waals surface area contributed by atoms with Gasteiger partial charge in [0.05, 0.1) is 7.11 Å². The number of hydrogen-bond acceptors (Lipinski definition) is 5. The van der Waals surface area contributed by atoms with Gasteiger partial charge in [-0.3, -0.25) is 0 Å². The van der Waals surface area contributed by atoms with Crippen molar-refractivity contribution in [2.24, 2.45) is 0 Å². The van der Waals surface area contributed by atoms with Crippen molar-refractivity contribution in [1.82, 2.24) is 0 Å². The number of carbonyl (C=O) groups excluding carboxylic acids is 2. The number of carbonyl (C=O) groups is 2. The monoisotopic (exact) mass is 352 g/mol. The van der Waals surface area contributed by atoms with Gasteiger partial charge in [-0.25, -0.2) is 9.59 Å². The smallest absolute Gasteiger partial charge is 0.338 e. The first-order valence-electron chi connectivity index (χ1n) is 7.85. The largest absolute Gasteiger partial charge is 0.493 e. The molecule has 0 aliphatic rings. The Labute approximate surface area is 152 Å². The van der Waals surface area contributed by atoms with Crippen LogP contribution in [0.15, 0.2) is 66.8 Å². The summed E-state index contributed by atoms with van der Waals surface area (Å²) in [4.78, 5) is 23.3. The molecule has 0 radical (unpaired) electrons. The molecule has 134 valence electrons. The number of methoxy groups -OCH3 is 1. The summed E-state index contributed by atoms with van der Waals surface area (Å²) in [5, 5.41) is 0. The van der Waals surface area contributed by atoms with Crippen molar-refractivity contribution in [1.29, 1.82) is 0 Å². The van der Waals surface area contributed by atoms with Gasteiger partial charge in [0.2, 0.25) is 0 Å². The van der Waals surface area contributed by atoms with Gasteiger partial charge in [0.15, 0.2) is 11.5 Å². The predicted octanol–water partition coefficient (Wildman–Crippen LogP) is 4.33. The topological polar surface area (TPSA) is 61.8 Å². The summed E-state index contributed by atoms with van der Waals surface area (Å²) < 4.78 is 15.7. The zero-order chi connectivity index (χ0) is 19.3. The Morgan fingerprint density at radius 2 is 1.31 bits per heavy atom. The summed E-state index contributed by atoms with van der Waals surface area (Å²) in [5.74, 6) is 0.161. The molecule has 5 nitrogen and oxygen atoms in total. The van der Waals surface area contributed by atoms with E-state index in [-0.39, 0.29) is 0 Å². The van der Waals surface area contributed by atoms with Gasteiger partial charge in [0.1, 0.15) is 5.75 Å². The molecule has 0 saturated carbocycles. The van der Waals surface area contributed by atoms with Crippen LogP contribution < -0.4 is 14.2 Å². The van der Waals surface area contributed by atoms with Gasteiger partial charge in [0, 0.05) is 11.1 Å². The Morgan fingerprint density at radius 3 is 1.85 bits per heavy atom. The summed E-state index contributed by atoms with van der Waals surface area (Å²) in [6.07, 6.45) is 0. The van der Waals surface area contributed by atoms with Crippen molar-refractivity contribution >= 4 is 11.9 Å². The van der Waals surface area contributed by atoms with E-state index in [2.05, 4.69) is 13.2 Å². The van der Waals surface area contributed by atoms with Crippen molar-refractivity contribution < 1.29 is 23.8 Å². The molecular formula is C21H20O5. The van der Waals surface area contributed by atoms with Crippen LogP contribution in [0.2, 0.25) is 0 Å². The van der Waals surface area contributed by atoms with Gasteiger partial charge in [0.25, 0.3) is 0 Å². The third-order valence-electron chi connectivity index (χ3n) is 3.46. The first kappa shape index (κ1) is 19.0. The Hall–Kier alpha value is -3.34. The molecule has 26 heavy (non-hydrogen) atoms. The fourth-order valence-electron chi connectivity index (χ4n) is 2.03. The average Bonchev–Trinajstić information content (AvgIpc) is 2.62. The maximum atomic E-state index is 11.8. The van der Waals surface area contributed by atoms with E-state index in [1.165, 1.54) is 7.11 Å². The Morgan fingerprint density at radius 1 is 0.769 bits per heavy atom. The van der Waals surface area contributed by atoms with Crippen LogP contribution in [0.4, 0.5) is 0 Å².